The molecule has 0 saturated heterocycles. The third-order valence-corrected chi connectivity index (χ3v) is 8.92. The molecule has 0 radical (unpaired) electrons. The maximum atomic E-state index is 5.18. The number of aromatic nitrogens is 5. The molecule has 4 aromatic carbocycles. The Kier molecular flexibility index (Phi) is 7.10. The summed E-state index contributed by atoms with van der Waals surface area (Å²) < 4.78 is 1.93. The minimum absolute atomic E-state index is 0.264. The van der Waals surface area contributed by atoms with E-state index in [0.29, 0.717) is 11.7 Å². The van der Waals surface area contributed by atoms with Crippen LogP contribution in [0.5, 0.6) is 0 Å². The molecule has 0 aliphatic heterocycles. The summed E-state index contributed by atoms with van der Waals surface area (Å²) in [4.78, 5) is 15.4. The Morgan fingerprint density at radius 3 is 1.89 bits per heavy atom. The van der Waals surface area contributed by atoms with Crippen LogP contribution in [0.3, 0.4) is 0 Å². The van der Waals surface area contributed by atoms with Gasteiger partial charge in [-0.2, -0.15) is 0 Å². The lowest BCUT2D eigenvalue weighted by atomic mass is 9.95. The summed E-state index contributed by atoms with van der Waals surface area (Å²) in [6.07, 6.45) is 2.08. The van der Waals surface area contributed by atoms with E-state index in [4.69, 9.17) is 20.1 Å². The van der Waals surface area contributed by atoms with E-state index >= 15 is 0 Å². The summed E-state index contributed by atoms with van der Waals surface area (Å²) in [5.41, 5.74) is 12.4. The number of nitrogens with zero attached hydrogens (tertiary/aromatic N) is 5. The van der Waals surface area contributed by atoms with Crippen molar-refractivity contribution in [3.05, 3.63) is 139 Å². The molecule has 0 spiro atoms. The molecule has 8 aromatic rings. The van der Waals surface area contributed by atoms with Crippen LogP contribution in [0, 0.1) is 0 Å². The summed E-state index contributed by atoms with van der Waals surface area (Å²) in [5.74, 6) is 1.29. The summed E-state index contributed by atoms with van der Waals surface area (Å²) in [7, 11) is 0. The van der Waals surface area contributed by atoms with Crippen LogP contribution in [0.1, 0.15) is 50.9 Å². The first kappa shape index (κ1) is 28.8. The molecular weight excluding hydrogens is 574 g/mol. The number of rotatable bonds is 6. The molecule has 5 nitrogen and oxygen atoms in total. The van der Waals surface area contributed by atoms with Crippen molar-refractivity contribution in [1.82, 2.24) is 24.6 Å². The lowest BCUT2D eigenvalue weighted by Gasteiger charge is -2.15. The maximum Gasteiger partial charge on any atom is 0.182 e. The van der Waals surface area contributed by atoms with Crippen molar-refractivity contribution in [3.8, 4) is 44.8 Å². The van der Waals surface area contributed by atoms with Crippen molar-refractivity contribution in [1.29, 1.82) is 0 Å². The first-order valence-corrected chi connectivity index (χ1v) is 16.3. The van der Waals surface area contributed by atoms with E-state index in [9.17, 15) is 0 Å². The van der Waals surface area contributed by atoms with Gasteiger partial charge in [-0.15, -0.1) is 5.10 Å². The minimum Gasteiger partial charge on any atom is -0.250 e. The van der Waals surface area contributed by atoms with Crippen LogP contribution in [0.4, 0.5) is 0 Å². The lowest BCUT2D eigenvalue weighted by Crippen LogP contribution is -1.99. The van der Waals surface area contributed by atoms with E-state index in [1.807, 2.05) is 16.6 Å². The molecule has 0 saturated carbocycles. The predicted octanol–water partition coefficient (Wildman–Crippen LogP) is 10.7. The Hall–Kier alpha value is -5.68. The maximum absolute atomic E-state index is 5.18. The van der Waals surface area contributed by atoms with Crippen molar-refractivity contribution in [2.24, 2.45) is 0 Å². The molecule has 0 fully saturated rings. The fraction of sp³-hybridized carbons (Fsp3) is 0.143. The number of fused-ring (bicyclic) bond motifs is 4. The molecule has 0 N–H and O–H groups in total. The highest BCUT2D eigenvalue weighted by molar-refractivity contribution is 6.08. The Labute approximate surface area is 274 Å². The van der Waals surface area contributed by atoms with Gasteiger partial charge < -0.3 is 0 Å². The van der Waals surface area contributed by atoms with E-state index in [1.54, 1.807) is 0 Å². The topological polar surface area (TPSA) is 56.0 Å². The molecule has 0 bridgehead atoms. The highest BCUT2D eigenvalue weighted by Crippen LogP contribution is 2.36. The minimum atomic E-state index is 0.264. The summed E-state index contributed by atoms with van der Waals surface area (Å²) in [5, 5.41) is 7.25. The van der Waals surface area contributed by atoms with Gasteiger partial charge in [-0.05, 0) is 58.4 Å². The van der Waals surface area contributed by atoms with Crippen LogP contribution in [0.15, 0.2) is 128 Å². The normalized spacial score (nSPS) is 11.8. The highest BCUT2D eigenvalue weighted by Gasteiger charge is 2.17. The molecule has 47 heavy (non-hydrogen) atoms. The van der Waals surface area contributed by atoms with Crippen molar-refractivity contribution >= 4 is 27.5 Å². The van der Waals surface area contributed by atoms with Crippen molar-refractivity contribution < 1.29 is 0 Å². The largest absolute Gasteiger partial charge is 0.250 e. The summed E-state index contributed by atoms with van der Waals surface area (Å²) >= 11 is 0. The van der Waals surface area contributed by atoms with Crippen LogP contribution in [0.25, 0.3) is 72.2 Å². The lowest BCUT2D eigenvalue weighted by molar-refractivity contribution is 0.826. The summed E-state index contributed by atoms with van der Waals surface area (Å²) in [6.45, 7) is 8.76. The van der Waals surface area contributed by atoms with Gasteiger partial charge in [-0.3, -0.25) is 9.97 Å². The van der Waals surface area contributed by atoms with E-state index in [0.717, 1.165) is 77.8 Å². The predicted molar refractivity (Wildman–Crippen MR) is 194 cm³/mol. The van der Waals surface area contributed by atoms with E-state index in [-0.39, 0.29) is 5.92 Å². The Bertz CT molecular complexity index is 2410. The van der Waals surface area contributed by atoms with Crippen LogP contribution in [-0.4, -0.2) is 24.6 Å². The zero-order valence-corrected chi connectivity index (χ0v) is 27.0. The third-order valence-electron chi connectivity index (χ3n) is 8.92. The Morgan fingerprint density at radius 2 is 1.15 bits per heavy atom. The quantitative estimate of drug-likeness (QED) is 0.176. The molecule has 5 heteroatoms. The van der Waals surface area contributed by atoms with E-state index < -0.39 is 0 Å². The van der Waals surface area contributed by atoms with Gasteiger partial charge >= 0.3 is 0 Å². The van der Waals surface area contributed by atoms with Crippen molar-refractivity contribution in [2.75, 3.05) is 0 Å². The second-order valence-corrected chi connectivity index (χ2v) is 12.8. The van der Waals surface area contributed by atoms with Crippen molar-refractivity contribution in [3.63, 3.8) is 0 Å². The monoisotopic (exact) mass is 609 g/mol. The smallest absolute Gasteiger partial charge is 0.182 e. The van der Waals surface area contributed by atoms with E-state index in [2.05, 4.69) is 143 Å². The SMILES string of the molecule is CC(C)c1ccc2ccc3c(-c4cccc(-c5nc6c(-c7ccccc7)cc(-c7ccccc7)cn6n5)c4)cc(C(C)C)nc3c2n1. The van der Waals surface area contributed by atoms with Gasteiger partial charge in [0.1, 0.15) is 0 Å². The van der Waals surface area contributed by atoms with Gasteiger partial charge in [0.2, 0.25) is 0 Å². The first-order valence-electron chi connectivity index (χ1n) is 16.3. The van der Waals surface area contributed by atoms with Crippen LogP contribution < -0.4 is 0 Å². The van der Waals surface area contributed by atoms with Crippen molar-refractivity contribution in [2.45, 2.75) is 39.5 Å². The third kappa shape index (κ3) is 5.24. The highest BCUT2D eigenvalue weighted by atomic mass is 15.3. The Morgan fingerprint density at radius 1 is 0.489 bits per heavy atom. The molecular formula is C42H35N5. The number of pyridine rings is 3. The zero-order chi connectivity index (χ0) is 32.1. The van der Waals surface area contributed by atoms with E-state index in [1.165, 1.54) is 0 Å². The van der Waals surface area contributed by atoms with Gasteiger partial charge in [-0.25, -0.2) is 9.50 Å². The average Bonchev–Trinajstić information content (AvgIpc) is 3.56. The van der Waals surface area contributed by atoms with Crippen LogP contribution >= 0.6 is 0 Å². The molecule has 0 aliphatic carbocycles. The molecule has 0 atom stereocenters. The molecule has 4 heterocycles. The molecule has 228 valence electrons. The number of benzene rings is 4. The molecule has 4 aromatic heterocycles. The molecule has 0 amide bonds. The van der Waals surface area contributed by atoms with Gasteiger partial charge in [0, 0.05) is 45.0 Å². The van der Waals surface area contributed by atoms with Gasteiger partial charge in [0.25, 0.3) is 0 Å². The zero-order valence-electron chi connectivity index (χ0n) is 27.0. The van der Waals surface area contributed by atoms with Crippen LogP contribution in [-0.2, 0) is 0 Å². The second-order valence-electron chi connectivity index (χ2n) is 12.8. The van der Waals surface area contributed by atoms with Gasteiger partial charge in [0.05, 0.1) is 11.0 Å². The second kappa shape index (κ2) is 11.6. The molecule has 0 aliphatic rings. The Balaban J connectivity index is 1.31. The number of hydrogen-bond donors (Lipinski definition) is 0. The van der Waals surface area contributed by atoms with Gasteiger partial charge in [0.15, 0.2) is 11.5 Å². The molecule has 0 unspecified atom stereocenters. The van der Waals surface area contributed by atoms with Crippen LogP contribution in [0.2, 0.25) is 0 Å². The fourth-order valence-electron chi connectivity index (χ4n) is 6.32. The average molecular weight is 610 g/mol. The number of hydrogen-bond acceptors (Lipinski definition) is 4. The summed E-state index contributed by atoms with van der Waals surface area (Å²) in [6, 6.07) is 42.5. The first-order chi connectivity index (χ1) is 22.9. The fourth-order valence-corrected chi connectivity index (χ4v) is 6.32. The van der Waals surface area contributed by atoms with Gasteiger partial charge in [-0.1, -0.05) is 125 Å². The standard InChI is InChI=1S/C42H35N5/c1-26(2)37-21-19-30-18-20-34-35(24-38(27(3)4)44-40(34)39(30)43-37)31-16-11-17-32(22-31)41-45-42-36(29-14-9-6-10-15-29)23-33(25-47(42)46-41)28-12-7-5-8-13-28/h5-27H,1-4H3. The molecule has 8 rings (SSSR count).